The maximum absolute atomic E-state index is 14.0. The molecule has 0 radical (unpaired) electrons. The average molecular weight is 292 g/mol. The Labute approximate surface area is 129 Å². The molecule has 21 heavy (non-hydrogen) atoms. The molecule has 0 spiro atoms. The summed E-state index contributed by atoms with van der Waals surface area (Å²) in [4.78, 5) is 0. The third-order valence-electron chi connectivity index (χ3n) is 3.87. The summed E-state index contributed by atoms with van der Waals surface area (Å²) < 4.78 is 19.9. The van der Waals surface area contributed by atoms with Crippen LogP contribution in [-0.2, 0) is 0 Å². The van der Waals surface area contributed by atoms with Gasteiger partial charge in [0.1, 0.15) is 0 Å². The maximum Gasteiger partial charge on any atom is 0.165 e. The van der Waals surface area contributed by atoms with Gasteiger partial charge in [0.15, 0.2) is 11.6 Å². The van der Waals surface area contributed by atoms with E-state index >= 15 is 0 Å². The van der Waals surface area contributed by atoms with Crippen molar-refractivity contribution in [3.8, 4) is 5.75 Å². The van der Waals surface area contributed by atoms with Crippen molar-refractivity contribution in [3.63, 3.8) is 0 Å². The number of rotatable bonds is 10. The van der Waals surface area contributed by atoms with E-state index in [4.69, 9.17) is 4.74 Å². The molecular formula is C19H29FO. The fourth-order valence-corrected chi connectivity index (χ4v) is 2.43. The Morgan fingerprint density at radius 1 is 1.19 bits per heavy atom. The van der Waals surface area contributed by atoms with Crippen molar-refractivity contribution in [2.75, 3.05) is 0 Å². The van der Waals surface area contributed by atoms with Crippen LogP contribution in [-0.4, -0.2) is 6.10 Å². The summed E-state index contributed by atoms with van der Waals surface area (Å²) >= 11 is 0. The molecule has 0 amide bonds. The van der Waals surface area contributed by atoms with Crippen LogP contribution in [0.15, 0.2) is 30.9 Å². The van der Waals surface area contributed by atoms with Crippen LogP contribution in [0.25, 0.3) is 0 Å². The molecule has 1 nitrogen and oxygen atoms in total. The molecule has 118 valence electrons. The summed E-state index contributed by atoms with van der Waals surface area (Å²) in [5.41, 5.74) is 0.878. The first-order valence-electron chi connectivity index (χ1n) is 8.17. The molecule has 0 bridgehead atoms. The summed E-state index contributed by atoms with van der Waals surface area (Å²) in [7, 11) is 0. The molecule has 1 rings (SSSR count). The number of allylic oxidation sites excluding steroid dienone is 1. The largest absolute Gasteiger partial charge is 0.487 e. The first-order valence-corrected chi connectivity index (χ1v) is 8.17. The smallest absolute Gasteiger partial charge is 0.165 e. The van der Waals surface area contributed by atoms with Crippen molar-refractivity contribution >= 4 is 0 Å². The molecule has 0 aliphatic carbocycles. The Hall–Kier alpha value is -1.31. The fraction of sp³-hybridized carbons (Fsp3) is 0.579. The van der Waals surface area contributed by atoms with Crippen LogP contribution >= 0.6 is 0 Å². The molecule has 0 aliphatic heterocycles. The summed E-state index contributed by atoms with van der Waals surface area (Å²) in [6.45, 7) is 10.0. The highest BCUT2D eigenvalue weighted by Gasteiger charge is 2.16. The van der Waals surface area contributed by atoms with Gasteiger partial charge in [-0.3, -0.25) is 0 Å². The van der Waals surface area contributed by atoms with Crippen LogP contribution < -0.4 is 4.74 Å². The van der Waals surface area contributed by atoms with Gasteiger partial charge in [0, 0.05) is 11.5 Å². The second-order valence-corrected chi connectivity index (χ2v) is 5.81. The van der Waals surface area contributed by atoms with Crippen molar-refractivity contribution < 1.29 is 9.13 Å². The Kier molecular flexibility index (Phi) is 8.11. The van der Waals surface area contributed by atoms with Crippen LogP contribution in [0.5, 0.6) is 5.75 Å². The van der Waals surface area contributed by atoms with Gasteiger partial charge in [-0.15, -0.1) is 6.58 Å². The number of benzene rings is 1. The molecule has 0 fully saturated rings. The van der Waals surface area contributed by atoms with Crippen LogP contribution in [0.2, 0.25) is 0 Å². The predicted molar refractivity (Wildman–Crippen MR) is 88.5 cm³/mol. The van der Waals surface area contributed by atoms with E-state index in [9.17, 15) is 4.39 Å². The first-order chi connectivity index (χ1) is 10.1. The highest BCUT2D eigenvalue weighted by atomic mass is 19.1. The van der Waals surface area contributed by atoms with Crippen molar-refractivity contribution in [1.82, 2.24) is 0 Å². The standard InChI is InChI=1S/C19H29FO/c1-5-7-8-9-10-12-16(4)21-19-17(15(3)6-2)13-11-14-18(19)20/h6,11,13-16H,2,5,7-10,12H2,1,3-4H3. The third kappa shape index (κ3) is 5.91. The van der Waals surface area contributed by atoms with Crippen LogP contribution in [0, 0.1) is 5.82 Å². The van der Waals surface area contributed by atoms with Gasteiger partial charge < -0.3 is 4.74 Å². The Morgan fingerprint density at radius 2 is 1.90 bits per heavy atom. The van der Waals surface area contributed by atoms with E-state index in [1.54, 1.807) is 6.07 Å². The maximum atomic E-state index is 14.0. The second-order valence-electron chi connectivity index (χ2n) is 5.81. The summed E-state index contributed by atoms with van der Waals surface area (Å²) in [5.74, 6) is 0.206. The number of para-hydroxylation sites is 1. The van der Waals surface area contributed by atoms with E-state index in [0.717, 1.165) is 18.4 Å². The Bertz CT molecular complexity index is 428. The monoisotopic (exact) mass is 292 g/mol. The van der Waals surface area contributed by atoms with E-state index in [0.29, 0.717) is 5.75 Å². The molecule has 1 aromatic carbocycles. The third-order valence-corrected chi connectivity index (χ3v) is 3.87. The van der Waals surface area contributed by atoms with Crippen LogP contribution in [0.1, 0.15) is 70.8 Å². The van der Waals surface area contributed by atoms with Crippen LogP contribution in [0.4, 0.5) is 4.39 Å². The number of halogens is 1. The van der Waals surface area contributed by atoms with E-state index in [2.05, 4.69) is 13.5 Å². The topological polar surface area (TPSA) is 9.23 Å². The van der Waals surface area contributed by atoms with Crippen LogP contribution in [0.3, 0.4) is 0 Å². The second kappa shape index (κ2) is 9.59. The molecule has 0 aliphatic rings. The van der Waals surface area contributed by atoms with Crippen molar-refractivity contribution in [2.24, 2.45) is 0 Å². The predicted octanol–water partition coefficient (Wildman–Crippen LogP) is 6.24. The zero-order valence-corrected chi connectivity index (χ0v) is 13.7. The zero-order valence-electron chi connectivity index (χ0n) is 13.7. The van der Waals surface area contributed by atoms with Gasteiger partial charge in [-0.1, -0.05) is 57.7 Å². The lowest BCUT2D eigenvalue weighted by Crippen LogP contribution is -2.14. The lowest BCUT2D eigenvalue weighted by Gasteiger charge is -2.20. The van der Waals surface area contributed by atoms with Gasteiger partial charge in [0.2, 0.25) is 0 Å². The quantitative estimate of drug-likeness (QED) is 0.366. The number of ether oxygens (including phenoxy) is 1. The number of hydrogen-bond acceptors (Lipinski definition) is 1. The molecule has 2 heteroatoms. The van der Waals surface area contributed by atoms with E-state index < -0.39 is 0 Å². The lowest BCUT2D eigenvalue weighted by atomic mass is 10.00. The van der Waals surface area contributed by atoms with Gasteiger partial charge >= 0.3 is 0 Å². The number of unbranched alkanes of at least 4 members (excludes halogenated alkanes) is 4. The molecule has 1 aromatic rings. The normalized spacial score (nSPS) is 13.7. The minimum Gasteiger partial charge on any atom is -0.487 e. The molecule has 0 N–H and O–H groups in total. The van der Waals surface area contributed by atoms with Gasteiger partial charge in [0.25, 0.3) is 0 Å². The Balaban J connectivity index is 2.58. The summed E-state index contributed by atoms with van der Waals surface area (Å²) in [6.07, 6.45) is 9.03. The fourth-order valence-electron chi connectivity index (χ4n) is 2.43. The first kappa shape index (κ1) is 17.7. The van der Waals surface area contributed by atoms with Gasteiger partial charge in [-0.05, 0) is 25.8 Å². The Morgan fingerprint density at radius 3 is 2.57 bits per heavy atom. The van der Waals surface area contributed by atoms with Gasteiger partial charge in [-0.2, -0.15) is 0 Å². The molecular weight excluding hydrogens is 263 g/mol. The van der Waals surface area contributed by atoms with Crippen molar-refractivity contribution in [2.45, 2.75) is 71.3 Å². The molecule has 0 saturated heterocycles. The lowest BCUT2D eigenvalue weighted by molar-refractivity contribution is 0.195. The molecule has 0 heterocycles. The summed E-state index contributed by atoms with van der Waals surface area (Å²) in [6, 6.07) is 5.11. The average Bonchev–Trinajstić information content (AvgIpc) is 2.48. The minimum absolute atomic E-state index is 0.0410. The van der Waals surface area contributed by atoms with Crippen molar-refractivity contribution in [1.29, 1.82) is 0 Å². The minimum atomic E-state index is -0.279. The highest BCUT2D eigenvalue weighted by molar-refractivity contribution is 5.39. The van der Waals surface area contributed by atoms with E-state index in [-0.39, 0.29) is 17.8 Å². The van der Waals surface area contributed by atoms with Gasteiger partial charge in [-0.25, -0.2) is 4.39 Å². The number of hydrogen-bond donors (Lipinski definition) is 0. The summed E-state index contributed by atoms with van der Waals surface area (Å²) in [5, 5.41) is 0. The molecule has 2 unspecified atom stereocenters. The van der Waals surface area contributed by atoms with Crippen molar-refractivity contribution in [3.05, 3.63) is 42.2 Å². The zero-order chi connectivity index (χ0) is 15.7. The highest BCUT2D eigenvalue weighted by Crippen LogP contribution is 2.31. The van der Waals surface area contributed by atoms with E-state index in [1.165, 1.54) is 31.7 Å². The SMILES string of the molecule is C=CC(C)c1cccc(F)c1OC(C)CCCCCCC. The molecule has 0 saturated carbocycles. The molecule has 2 atom stereocenters. The van der Waals surface area contributed by atoms with Gasteiger partial charge in [0.05, 0.1) is 6.10 Å². The molecule has 0 aromatic heterocycles. The van der Waals surface area contributed by atoms with E-state index in [1.807, 2.05) is 26.0 Å².